The summed E-state index contributed by atoms with van der Waals surface area (Å²) in [6.45, 7) is 7.23. The highest BCUT2D eigenvalue weighted by Crippen LogP contribution is 2.27. The molecule has 25 heavy (non-hydrogen) atoms. The fourth-order valence-corrected chi connectivity index (χ4v) is 3.14. The van der Waals surface area contributed by atoms with Crippen molar-refractivity contribution in [3.05, 3.63) is 34.6 Å². The number of rotatable bonds is 5. The minimum atomic E-state index is -0.536. The van der Waals surface area contributed by atoms with Crippen molar-refractivity contribution in [3.63, 3.8) is 0 Å². The number of nitrogens with two attached hydrogens (primary N) is 1. The number of aryl methyl sites for hydroxylation is 1. The van der Waals surface area contributed by atoms with Gasteiger partial charge in [0.1, 0.15) is 5.82 Å². The standard InChI is InChI=1S/C16H21ClN6O2/c1-3-13-20-16(25-21-13)10(2)22-4-6-23(7-5-22)15-12(17)8-11(9-19-15)14(18)24/h8-10H,3-7H2,1-2H3,(H2,18,24). The maximum Gasteiger partial charge on any atom is 0.250 e. The number of primary amides is 1. The van der Waals surface area contributed by atoms with Gasteiger partial charge in [-0.1, -0.05) is 23.7 Å². The molecule has 0 bridgehead atoms. The maximum absolute atomic E-state index is 11.2. The molecular formula is C16H21ClN6O2. The van der Waals surface area contributed by atoms with Gasteiger partial charge in [0.25, 0.3) is 0 Å². The van der Waals surface area contributed by atoms with E-state index in [0.717, 1.165) is 38.4 Å². The second-order valence-corrected chi connectivity index (χ2v) is 6.40. The van der Waals surface area contributed by atoms with Crippen molar-refractivity contribution in [2.24, 2.45) is 5.73 Å². The van der Waals surface area contributed by atoms with Crippen LogP contribution in [0.4, 0.5) is 5.82 Å². The highest BCUT2D eigenvalue weighted by Gasteiger charge is 2.27. The quantitative estimate of drug-likeness (QED) is 0.860. The Bertz CT molecular complexity index is 757. The third kappa shape index (κ3) is 3.74. The van der Waals surface area contributed by atoms with Crippen molar-refractivity contribution in [1.29, 1.82) is 0 Å². The number of hydrogen-bond donors (Lipinski definition) is 1. The number of pyridine rings is 1. The molecule has 1 amide bonds. The van der Waals surface area contributed by atoms with Crippen LogP contribution in [0.15, 0.2) is 16.8 Å². The number of anilines is 1. The normalized spacial score (nSPS) is 16.8. The summed E-state index contributed by atoms with van der Waals surface area (Å²) >= 11 is 6.26. The molecule has 3 rings (SSSR count). The Kier molecular flexibility index (Phi) is 5.19. The molecule has 0 aromatic carbocycles. The third-order valence-electron chi connectivity index (χ3n) is 4.43. The Hall–Kier alpha value is -2.19. The molecule has 1 aliphatic heterocycles. The Morgan fingerprint density at radius 3 is 2.68 bits per heavy atom. The summed E-state index contributed by atoms with van der Waals surface area (Å²) in [5, 5.41) is 4.39. The molecule has 8 nitrogen and oxygen atoms in total. The molecule has 1 unspecified atom stereocenters. The first-order valence-electron chi connectivity index (χ1n) is 8.26. The number of piperazine rings is 1. The van der Waals surface area contributed by atoms with Gasteiger partial charge in [-0.15, -0.1) is 0 Å². The lowest BCUT2D eigenvalue weighted by Crippen LogP contribution is -2.47. The van der Waals surface area contributed by atoms with Crippen molar-refractivity contribution in [2.45, 2.75) is 26.3 Å². The van der Waals surface area contributed by atoms with Crippen LogP contribution in [0.3, 0.4) is 0 Å². The lowest BCUT2D eigenvalue weighted by molar-refractivity contribution is 0.1000. The summed E-state index contributed by atoms with van der Waals surface area (Å²) in [4.78, 5) is 24.3. The predicted molar refractivity (Wildman–Crippen MR) is 93.6 cm³/mol. The second-order valence-electron chi connectivity index (χ2n) is 6.00. The van der Waals surface area contributed by atoms with Crippen molar-refractivity contribution in [1.82, 2.24) is 20.0 Å². The summed E-state index contributed by atoms with van der Waals surface area (Å²) in [5.41, 5.74) is 5.56. The SMILES string of the molecule is CCc1noc(C(C)N2CCN(c3ncc(C(N)=O)cc3Cl)CC2)n1. The van der Waals surface area contributed by atoms with Crippen LogP contribution >= 0.6 is 11.6 Å². The van der Waals surface area contributed by atoms with E-state index in [1.807, 2.05) is 6.92 Å². The third-order valence-corrected chi connectivity index (χ3v) is 4.70. The fourth-order valence-electron chi connectivity index (χ4n) is 2.86. The van der Waals surface area contributed by atoms with E-state index in [9.17, 15) is 4.79 Å². The van der Waals surface area contributed by atoms with E-state index in [1.54, 1.807) is 6.07 Å². The molecule has 3 heterocycles. The number of hydrogen-bond acceptors (Lipinski definition) is 7. The van der Waals surface area contributed by atoms with Gasteiger partial charge in [-0.2, -0.15) is 4.98 Å². The van der Waals surface area contributed by atoms with E-state index in [4.69, 9.17) is 21.9 Å². The summed E-state index contributed by atoms with van der Waals surface area (Å²) in [6.07, 6.45) is 2.22. The van der Waals surface area contributed by atoms with E-state index >= 15 is 0 Å². The van der Waals surface area contributed by atoms with Gasteiger partial charge in [0.15, 0.2) is 5.82 Å². The molecule has 0 aliphatic carbocycles. The number of carbonyl (C=O) groups is 1. The summed E-state index contributed by atoms with van der Waals surface area (Å²) < 4.78 is 5.34. The topological polar surface area (TPSA) is 101 Å². The van der Waals surface area contributed by atoms with E-state index in [1.165, 1.54) is 6.20 Å². The average molecular weight is 365 g/mol. The average Bonchev–Trinajstić information content (AvgIpc) is 3.10. The number of halogens is 1. The van der Waals surface area contributed by atoms with Crippen molar-refractivity contribution < 1.29 is 9.32 Å². The Morgan fingerprint density at radius 2 is 2.12 bits per heavy atom. The van der Waals surface area contributed by atoms with Crippen LogP contribution in [0.5, 0.6) is 0 Å². The Labute approximate surface area is 150 Å². The van der Waals surface area contributed by atoms with Gasteiger partial charge < -0.3 is 15.2 Å². The van der Waals surface area contributed by atoms with Gasteiger partial charge in [-0.3, -0.25) is 9.69 Å². The molecule has 2 N–H and O–H groups in total. The summed E-state index contributed by atoms with van der Waals surface area (Å²) in [5.74, 6) is 1.51. The van der Waals surface area contributed by atoms with Crippen LogP contribution in [0.25, 0.3) is 0 Å². The second kappa shape index (κ2) is 7.37. The van der Waals surface area contributed by atoms with Gasteiger partial charge in [0, 0.05) is 38.8 Å². The van der Waals surface area contributed by atoms with Crippen LogP contribution < -0.4 is 10.6 Å². The van der Waals surface area contributed by atoms with Crippen molar-refractivity contribution >= 4 is 23.3 Å². The summed E-state index contributed by atoms with van der Waals surface area (Å²) in [7, 11) is 0. The summed E-state index contributed by atoms with van der Waals surface area (Å²) in [6, 6.07) is 1.63. The molecule has 2 aromatic heterocycles. The minimum absolute atomic E-state index is 0.0654. The zero-order chi connectivity index (χ0) is 18.0. The maximum atomic E-state index is 11.2. The Morgan fingerprint density at radius 1 is 1.40 bits per heavy atom. The molecule has 9 heteroatoms. The molecule has 1 aliphatic rings. The van der Waals surface area contributed by atoms with Crippen molar-refractivity contribution in [3.8, 4) is 0 Å². The van der Waals surface area contributed by atoms with Crippen LogP contribution in [-0.2, 0) is 6.42 Å². The zero-order valence-corrected chi connectivity index (χ0v) is 15.0. The molecule has 134 valence electrons. The molecule has 1 atom stereocenters. The smallest absolute Gasteiger partial charge is 0.250 e. The molecule has 1 saturated heterocycles. The van der Waals surface area contributed by atoms with Gasteiger partial charge in [0.05, 0.1) is 16.6 Å². The van der Waals surface area contributed by atoms with Gasteiger partial charge in [-0.05, 0) is 13.0 Å². The number of aromatic nitrogens is 3. The molecule has 1 fully saturated rings. The lowest BCUT2D eigenvalue weighted by atomic mass is 10.2. The molecule has 0 spiro atoms. The molecule has 0 saturated carbocycles. The first-order chi connectivity index (χ1) is 12.0. The fraction of sp³-hybridized carbons (Fsp3) is 0.500. The van der Waals surface area contributed by atoms with Crippen molar-refractivity contribution in [2.75, 3.05) is 31.1 Å². The number of nitrogens with zero attached hydrogens (tertiary/aromatic N) is 5. The van der Waals surface area contributed by atoms with Gasteiger partial charge >= 0.3 is 0 Å². The molecule has 0 radical (unpaired) electrons. The van der Waals surface area contributed by atoms with Gasteiger partial charge in [-0.25, -0.2) is 4.98 Å². The van der Waals surface area contributed by atoms with E-state index < -0.39 is 5.91 Å². The van der Waals surface area contributed by atoms with E-state index in [-0.39, 0.29) is 6.04 Å². The molecular weight excluding hydrogens is 344 g/mol. The number of amides is 1. The highest BCUT2D eigenvalue weighted by atomic mass is 35.5. The first kappa shape index (κ1) is 17.6. The van der Waals surface area contributed by atoms with E-state index in [2.05, 4.69) is 31.8 Å². The highest BCUT2D eigenvalue weighted by molar-refractivity contribution is 6.33. The largest absolute Gasteiger partial charge is 0.366 e. The zero-order valence-electron chi connectivity index (χ0n) is 14.3. The minimum Gasteiger partial charge on any atom is -0.366 e. The lowest BCUT2D eigenvalue weighted by Gasteiger charge is -2.37. The van der Waals surface area contributed by atoms with Gasteiger partial charge in [0.2, 0.25) is 11.8 Å². The Balaban J connectivity index is 1.64. The van der Waals surface area contributed by atoms with Crippen LogP contribution in [0.1, 0.15) is 42.0 Å². The van der Waals surface area contributed by atoms with Crippen LogP contribution in [0.2, 0.25) is 5.02 Å². The first-order valence-corrected chi connectivity index (χ1v) is 8.64. The number of carbonyl (C=O) groups excluding carboxylic acids is 1. The van der Waals surface area contributed by atoms with E-state index in [0.29, 0.717) is 22.3 Å². The van der Waals surface area contributed by atoms with Crippen LogP contribution in [0, 0.1) is 0 Å². The molecule has 2 aromatic rings. The predicted octanol–water partition coefficient (Wildman–Crippen LogP) is 1.66. The monoisotopic (exact) mass is 364 g/mol. The van der Waals surface area contributed by atoms with Crippen LogP contribution in [-0.4, -0.2) is 52.1 Å².